The number of benzene rings is 1. The van der Waals surface area contributed by atoms with Gasteiger partial charge in [-0.2, -0.15) is 0 Å². The Morgan fingerprint density at radius 1 is 1.35 bits per heavy atom. The Labute approximate surface area is 135 Å². The summed E-state index contributed by atoms with van der Waals surface area (Å²) < 4.78 is 13.7. The minimum Gasteiger partial charge on any atom is -0.506 e. The zero-order valence-corrected chi connectivity index (χ0v) is 13.0. The lowest BCUT2D eigenvalue weighted by molar-refractivity contribution is -0.138. The van der Waals surface area contributed by atoms with Gasteiger partial charge >= 0.3 is 5.97 Å². The number of hydrogen-bond acceptors (Lipinski definition) is 4. The monoisotopic (exact) mass is 341 g/mol. The number of halogens is 2. The molecule has 0 spiro atoms. The van der Waals surface area contributed by atoms with Gasteiger partial charge in [0.05, 0.1) is 10.4 Å². The van der Waals surface area contributed by atoms with Crippen LogP contribution in [0.1, 0.15) is 25.0 Å². The largest absolute Gasteiger partial charge is 0.506 e. The van der Waals surface area contributed by atoms with Crippen LogP contribution in [0.3, 0.4) is 0 Å². The number of amides is 1. The second kappa shape index (κ2) is 5.66. The summed E-state index contributed by atoms with van der Waals surface area (Å²) in [7, 11) is 0. The molecule has 1 aliphatic rings. The van der Waals surface area contributed by atoms with E-state index in [0.717, 1.165) is 12.1 Å². The van der Waals surface area contributed by atoms with Gasteiger partial charge in [0.2, 0.25) is 0 Å². The number of aliphatic hydroxyl groups excluding tert-OH is 1. The zero-order valence-electron chi connectivity index (χ0n) is 12.2. The molecule has 0 saturated heterocycles. The molecule has 0 aliphatic heterocycles. The van der Waals surface area contributed by atoms with Gasteiger partial charge in [0.1, 0.15) is 23.7 Å². The van der Waals surface area contributed by atoms with E-state index < -0.39 is 46.8 Å². The van der Waals surface area contributed by atoms with Crippen molar-refractivity contribution in [3.63, 3.8) is 0 Å². The maximum Gasteiger partial charge on any atom is 0.322 e. The van der Waals surface area contributed by atoms with Crippen molar-refractivity contribution >= 4 is 35.0 Å². The number of aliphatic hydroxyl groups is 1. The molecule has 0 fully saturated rings. The molecule has 0 unspecified atom stereocenters. The summed E-state index contributed by atoms with van der Waals surface area (Å²) in [4.78, 5) is 35.1. The number of carbonyl (C=O) groups is 3. The number of fused-ring (bicyclic) bond motifs is 1. The molecule has 0 bridgehead atoms. The molecule has 0 atom stereocenters. The summed E-state index contributed by atoms with van der Waals surface area (Å²) in [5.74, 6) is -4.47. The Hall–Kier alpha value is -2.41. The Kier molecular flexibility index (Phi) is 4.17. The van der Waals surface area contributed by atoms with Crippen LogP contribution >= 0.6 is 11.6 Å². The number of nitrogens with one attached hydrogen (secondary N) is 1. The van der Waals surface area contributed by atoms with Crippen LogP contribution < -0.4 is 5.32 Å². The summed E-state index contributed by atoms with van der Waals surface area (Å²) >= 11 is 5.70. The number of aliphatic carboxylic acids is 1. The van der Waals surface area contributed by atoms with Gasteiger partial charge < -0.3 is 15.5 Å². The average molecular weight is 342 g/mol. The van der Waals surface area contributed by atoms with Crippen molar-refractivity contribution < 1.29 is 29.0 Å². The van der Waals surface area contributed by atoms with Crippen LogP contribution in [0, 0.1) is 5.82 Å². The highest BCUT2D eigenvalue weighted by Gasteiger charge is 2.43. The first-order valence-corrected chi connectivity index (χ1v) is 6.93. The van der Waals surface area contributed by atoms with Gasteiger partial charge in [-0.25, -0.2) is 4.39 Å². The van der Waals surface area contributed by atoms with E-state index >= 15 is 0 Å². The third kappa shape index (κ3) is 2.79. The van der Waals surface area contributed by atoms with Gasteiger partial charge in [0.25, 0.3) is 5.91 Å². The SMILES string of the molecule is CC1(C)C(=O)C(C(=O)NCC(=O)O)=C(O)c2cc(Cl)c(F)cc21. The van der Waals surface area contributed by atoms with Crippen molar-refractivity contribution in [1.29, 1.82) is 0 Å². The van der Waals surface area contributed by atoms with Crippen molar-refractivity contribution in [2.24, 2.45) is 0 Å². The van der Waals surface area contributed by atoms with Crippen LogP contribution in [-0.4, -0.2) is 34.4 Å². The summed E-state index contributed by atoms with van der Waals surface area (Å²) in [6, 6.07) is 2.16. The lowest BCUT2D eigenvalue weighted by Crippen LogP contribution is -2.42. The topological polar surface area (TPSA) is 104 Å². The molecule has 2 rings (SSSR count). The van der Waals surface area contributed by atoms with Crippen molar-refractivity contribution in [2.75, 3.05) is 6.54 Å². The van der Waals surface area contributed by atoms with Gasteiger partial charge in [0.15, 0.2) is 5.78 Å². The molecule has 0 aromatic heterocycles. The maximum absolute atomic E-state index is 13.7. The summed E-state index contributed by atoms with van der Waals surface area (Å²) in [6.45, 7) is 2.23. The Bertz CT molecular complexity index is 769. The molecule has 8 heteroatoms. The van der Waals surface area contributed by atoms with E-state index in [2.05, 4.69) is 0 Å². The first-order chi connectivity index (χ1) is 10.6. The maximum atomic E-state index is 13.7. The smallest absolute Gasteiger partial charge is 0.322 e. The molecule has 6 nitrogen and oxygen atoms in total. The van der Waals surface area contributed by atoms with Crippen LogP contribution in [0.15, 0.2) is 17.7 Å². The minimum absolute atomic E-state index is 0.0569. The first kappa shape index (κ1) is 17.0. The van der Waals surface area contributed by atoms with Crippen molar-refractivity contribution in [2.45, 2.75) is 19.3 Å². The van der Waals surface area contributed by atoms with E-state index in [1.54, 1.807) is 0 Å². The number of carboxylic acids is 1. The number of rotatable bonds is 3. The fourth-order valence-corrected chi connectivity index (χ4v) is 2.56. The Morgan fingerprint density at radius 3 is 2.52 bits per heavy atom. The molecule has 3 N–H and O–H groups in total. The normalized spacial score (nSPS) is 16.1. The molecule has 1 aliphatic carbocycles. The average Bonchev–Trinajstić information content (AvgIpc) is 2.45. The molecule has 1 aromatic rings. The van der Waals surface area contributed by atoms with Gasteiger partial charge in [0, 0.05) is 5.56 Å². The molecule has 0 saturated carbocycles. The second-order valence-electron chi connectivity index (χ2n) is 5.57. The highest BCUT2D eigenvalue weighted by atomic mass is 35.5. The molecule has 0 heterocycles. The quantitative estimate of drug-likeness (QED) is 0.727. The number of ketones is 1. The van der Waals surface area contributed by atoms with Crippen LogP contribution in [-0.2, 0) is 19.8 Å². The molecule has 1 amide bonds. The molecule has 122 valence electrons. The van der Waals surface area contributed by atoms with E-state index in [1.165, 1.54) is 13.8 Å². The van der Waals surface area contributed by atoms with E-state index in [4.69, 9.17) is 16.7 Å². The number of carboxylic acid groups (broad SMARTS) is 1. The van der Waals surface area contributed by atoms with Crippen molar-refractivity contribution in [1.82, 2.24) is 5.32 Å². The highest BCUT2D eigenvalue weighted by molar-refractivity contribution is 6.32. The Morgan fingerprint density at radius 2 is 1.96 bits per heavy atom. The molecule has 1 aromatic carbocycles. The first-order valence-electron chi connectivity index (χ1n) is 6.55. The van der Waals surface area contributed by atoms with Gasteiger partial charge in [-0.15, -0.1) is 0 Å². The molecular formula is C15H13ClFNO5. The third-order valence-corrected chi connectivity index (χ3v) is 3.94. The van der Waals surface area contributed by atoms with Crippen LogP contribution in [0.4, 0.5) is 4.39 Å². The minimum atomic E-state index is -1.30. The zero-order chi connectivity index (χ0) is 17.5. The lowest BCUT2D eigenvalue weighted by Gasteiger charge is -2.32. The Balaban J connectivity index is 2.62. The van der Waals surface area contributed by atoms with E-state index in [1.807, 2.05) is 5.32 Å². The third-order valence-electron chi connectivity index (χ3n) is 3.65. The fourth-order valence-electron chi connectivity index (χ4n) is 2.39. The van der Waals surface area contributed by atoms with Crippen molar-refractivity contribution in [3.05, 3.63) is 39.7 Å². The second-order valence-corrected chi connectivity index (χ2v) is 5.97. The number of carbonyl (C=O) groups excluding carboxylic acids is 2. The molecule has 23 heavy (non-hydrogen) atoms. The number of hydrogen-bond donors (Lipinski definition) is 3. The van der Waals surface area contributed by atoms with E-state index in [-0.39, 0.29) is 16.1 Å². The molecular weight excluding hydrogens is 329 g/mol. The van der Waals surface area contributed by atoms with Crippen LogP contribution in [0.2, 0.25) is 5.02 Å². The lowest BCUT2D eigenvalue weighted by atomic mass is 9.71. The van der Waals surface area contributed by atoms with Gasteiger partial charge in [-0.05, 0) is 31.5 Å². The van der Waals surface area contributed by atoms with E-state index in [9.17, 15) is 23.9 Å². The van der Waals surface area contributed by atoms with E-state index in [0.29, 0.717) is 0 Å². The number of Topliss-reactive ketones (excluding diaryl/α,β-unsaturated/α-hetero) is 1. The summed E-state index contributed by atoms with van der Waals surface area (Å²) in [5.41, 5.74) is -1.62. The predicted octanol–water partition coefficient (Wildman–Crippen LogP) is 1.81. The summed E-state index contributed by atoms with van der Waals surface area (Å²) in [6.07, 6.45) is 0. The fraction of sp³-hybridized carbons (Fsp3) is 0.267. The standard InChI is InChI=1S/C15H13ClFNO5/c1-15(2)7-4-9(17)8(16)3-6(7)12(21)11(13(15)22)14(23)18-5-10(19)20/h3-4,21H,5H2,1-2H3,(H,18,23)(H,19,20). The highest BCUT2D eigenvalue weighted by Crippen LogP contribution is 2.41. The van der Waals surface area contributed by atoms with Crippen LogP contribution in [0.5, 0.6) is 0 Å². The van der Waals surface area contributed by atoms with Gasteiger partial charge in [-0.3, -0.25) is 14.4 Å². The van der Waals surface area contributed by atoms with Crippen LogP contribution in [0.25, 0.3) is 5.76 Å². The molecule has 0 radical (unpaired) electrons. The van der Waals surface area contributed by atoms with Crippen molar-refractivity contribution in [3.8, 4) is 0 Å². The predicted molar refractivity (Wildman–Crippen MR) is 79.6 cm³/mol. The van der Waals surface area contributed by atoms with Gasteiger partial charge in [-0.1, -0.05) is 11.6 Å². The summed E-state index contributed by atoms with van der Waals surface area (Å²) in [5, 5.41) is 20.6.